The lowest BCUT2D eigenvalue weighted by Gasteiger charge is -2.21. The summed E-state index contributed by atoms with van der Waals surface area (Å²) in [6, 6.07) is 4.67. The quantitative estimate of drug-likeness (QED) is 0.821. The molecule has 4 nitrogen and oxygen atoms in total. The van der Waals surface area contributed by atoms with E-state index < -0.39 is 0 Å². The lowest BCUT2D eigenvalue weighted by Crippen LogP contribution is -2.33. The number of hydrogen-bond donors (Lipinski definition) is 1. The van der Waals surface area contributed by atoms with Crippen molar-refractivity contribution in [2.24, 2.45) is 0 Å². The van der Waals surface area contributed by atoms with Crippen LogP contribution in [-0.2, 0) is 0 Å². The molecule has 0 radical (unpaired) electrons. The standard InChI is InChI=1S/C13H18BrNO3/c1-3-7-15(8-6-14)13(17)11-9-10(18-2)4-5-12(11)16/h4-5,9,16H,3,6-8H2,1-2H3. The van der Waals surface area contributed by atoms with E-state index in [2.05, 4.69) is 15.9 Å². The smallest absolute Gasteiger partial charge is 0.257 e. The van der Waals surface area contributed by atoms with Gasteiger partial charge in [0.25, 0.3) is 5.91 Å². The molecule has 100 valence electrons. The van der Waals surface area contributed by atoms with Crippen LogP contribution in [0.3, 0.4) is 0 Å². The number of carbonyl (C=O) groups is 1. The lowest BCUT2D eigenvalue weighted by atomic mass is 10.1. The van der Waals surface area contributed by atoms with Crippen molar-refractivity contribution in [1.82, 2.24) is 4.90 Å². The maximum atomic E-state index is 12.3. The van der Waals surface area contributed by atoms with Gasteiger partial charge in [-0.05, 0) is 24.6 Å². The van der Waals surface area contributed by atoms with Crippen LogP contribution in [0.1, 0.15) is 23.7 Å². The van der Waals surface area contributed by atoms with Crippen LogP contribution in [-0.4, -0.2) is 41.4 Å². The molecule has 0 aliphatic rings. The molecule has 1 N–H and O–H groups in total. The van der Waals surface area contributed by atoms with Gasteiger partial charge in [0.2, 0.25) is 0 Å². The van der Waals surface area contributed by atoms with E-state index in [0.717, 1.165) is 6.42 Å². The van der Waals surface area contributed by atoms with Gasteiger partial charge in [0.1, 0.15) is 11.5 Å². The number of methoxy groups -OCH3 is 1. The molecule has 18 heavy (non-hydrogen) atoms. The maximum Gasteiger partial charge on any atom is 0.257 e. The van der Waals surface area contributed by atoms with E-state index in [9.17, 15) is 9.90 Å². The van der Waals surface area contributed by atoms with Gasteiger partial charge < -0.3 is 14.7 Å². The second-order valence-electron chi connectivity index (χ2n) is 3.86. The minimum absolute atomic E-state index is 0.0172. The molecule has 0 aliphatic carbocycles. The van der Waals surface area contributed by atoms with E-state index in [0.29, 0.717) is 24.2 Å². The topological polar surface area (TPSA) is 49.8 Å². The molecule has 1 amide bonds. The van der Waals surface area contributed by atoms with Crippen molar-refractivity contribution in [3.8, 4) is 11.5 Å². The summed E-state index contributed by atoms with van der Waals surface area (Å²) in [6.07, 6.45) is 0.878. The molecule has 0 unspecified atom stereocenters. The Morgan fingerprint density at radius 1 is 1.44 bits per heavy atom. The fourth-order valence-corrected chi connectivity index (χ4v) is 2.10. The zero-order valence-corrected chi connectivity index (χ0v) is 12.2. The van der Waals surface area contributed by atoms with Gasteiger partial charge in [0.05, 0.1) is 12.7 Å². The summed E-state index contributed by atoms with van der Waals surface area (Å²) in [6.45, 7) is 3.30. The Balaban J connectivity index is 2.99. The number of halogens is 1. The van der Waals surface area contributed by atoms with Crippen molar-refractivity contribution in [2.75, 3.05) is 25.5 Å². The first-order valence-corrected chi connectivity index (χ1v) is 6.98. The number of hydrogen-bond acceptors (Lipinski definition) is 3. The first-order chi connectivity index (χ1) is 8.63. The van der Waals surface area contributed by atoms with Gasteiger partial charge in [0.15, 0.2) is 0 Å². The van der Waals surface area contributed by atoms with E-state index in [1.54, 1.807) is 17.0 Å². The first kappa shape index (κ1) is 14.8. The lowest BCUT2D eigenvalue weighted by molar-refractivity contribution is 0.0763. The second kappa shape index (κ2) is 7.26. The number of nitrogens with zero attached hydrogens (tertiary/aromatic N) is 1. The van der Waals surface area contributed by atoms with E-state index in [4.69, 9.17) is 4.74 Å². The minimum atomic E-state index is -0.173. The maximum absolute atomic E-state index is 12.3. The molecular weight excluding hydrogens is 298 g/mol. The molecular formula is C13H18BrNO3. The number of aromatic hydroxyl groups is 1. The molecule has 0 bridgehead atoms. The van der Waals surface area contributed by atoms with E-state index >= 15 is 0 Å². The molecule has 0 fully saturated rings. The SMILES string of the molecule is CCCN(CCBr)C(=O)c1cc(OC)ccc1O. The number of ether oxygens (including phenoxy) is 1. The molecule has 1 rings (SSSR count). The predicted octanol–water partition coefficient (Wildman–Crippen LogP) is 2.65. The zero-order valence-electron chi connectivity index (χ0n) is 10.6. The Morgan fingerprint density at radius 2 is 2.17 bits per heavy atom. The average Bonchev–Trinajstić information content (AvgIpc) is 2.38. The van der Waals surface area contributed by atoms with Gasteiger partial charge in [0, 0.05) is 18.4 Å². The van der Waals surface area contributed by atoms with Gasteiger partial charge in [-0.25, -0.2) is 0 Å². The Kier molecular flexibility index (Phi) is 5.98. The zero-order chi connectivity index (χ0) is 13.5. The van der Waals surface area contributed by atoms with Crippen molar-refractivity contribution in [3.05, 3.63) is 23.8 Å². The van der Waals surface area contributed by atoms with Crippen LogP contribution >= 0.6 is 15.9 Å². The third-order valence-corrected chi connectivity index (χ3v) is 2.92. The number of phenolic OH excluding ortho intramolecular Hbond substituents is 1. The van der Waals surface area contributed by atoms with Gasteiger partial charge >= 0.3 is 0 Å². The van der Waals surface area contributed by atoms with Crippen molar-refractivity contribution >= 4 is 21.8 Å². The molecule has 0 saturated carbocycles. The summed E-state index contributed by atoms with van der Waals surface area (Å²) in [5, 5.41) is 10.5. The molecule has 0 heterocycles. The fourth-order valence-electron chi connectivity index (χ4n) is 1.67. The first-order valence-electron chi connectivity index (χ1n) is 5.86. The van der Waals surface area contributed by atoms with Crippen LogP contribution in [0.25, 0.3) is 0 Å². The number of phenols is 1. The third-order valence-electron chi connectivity index (χ3n) is 2.57. The van der Waals surface area contributed by atoms with Crippen LogP contribution in [0.15, 0.2) is 18.2 Å². The largest absolute Gasteiger partial charge is 0.507 e. The summed E-state index contributed by atoms with van der Waals surface area (Å²) < 4.78 is 5.07. The molecule has 5 heteroatoms. The van der Waals surface area contributed by atoms with Crippen LogP contribution in [0.4, 0.5) is 0 Å². The number of benzene rings is 1. The third kappa shape index (κ3) is 3.63. The molecule has 0 aliphatic heterocycles. The molecule has 1 aromatic rings. The molecule has 0 aromatic heterocycles. The van der Waals surface area contributed by atoms with Gasteiger partial charge in [-0.2, -0.15) is 0 Å². The summed E-state index contributed by atoms with van der Waals surface area (Å²) >= 11 is 3.33. The van der Waals surface area contributed by atoms with E-state index in [-0.39, 0.29) is 17.2 Å². The Bertz CT molecular complexity index is 403. The number of rotatable bonds is 6. The van der Waals surface area contributed by atoms with Crippen LogP contribution in [0.2, 0.25) is 0 Å². The van der Waals surface area contributed by atoms with Crippen LogP contribution < -0.4 is 4.74 Å². The van der Waals surface area contributed by atoms with Gasteiger partial charge in [-0.15, -0.1) is 0 Å². The van der Waals surface area contributed by atoms with E-state index in [1.807, 2.05) is 6.92 Å². The summed E-state index contributed by atoms with van der Waals surface area (Å²) in [5.41, 5.74) is 0.281. The monoisotopic (exact) mass is 315 g/mol. The molecule has 0 spiro atoms. The van der Waals surface area contributed by atoms with Crippen LogP contribution in [0.5, 0.6) is 11.5 Å². The average molecular weight is 316 g/mol. The Hall–Kier alpha value is -1.23. The highest BCUT2D eigenvalue weighted by Gasteiger charge is 2.18. The second-order valence-corrected chi connectivity index (χ2v) is 4.66. The van der Waals surface area contributed by atoms with Gasteiger partial charge in [-0.3, -0.25) is 4.79 Å². The fraction of sp³-hybridized carbons (Fsp3) is 0.462. The highest BCUT2D eigenvalue weighted by Crippen LogP contribution is 2.24. The predicted molar refractivity (Wildman–Crippen MR) is 74.6 cm³/mol. The number of amides is 1. The Morgan fingerprint density at radius 3 is 2.72 bits per heavy atom. The summed E-state index contributed by atoms with van der Waals surface area (Å²) in [4.78, 5) is 14.0. The van der Waals surface area contributed by atoms with E-state index in [1.165, 1.54) is 13.2 Å². The molecule has 0 atom stereocenters. The van der Waals surface area contributed by atoms with Crippen molar-refractivity contribution in [3.63, 3.8) is 0 Å². The Labute approximate surface area is 116 Å². The van der Waals surface area contributed by atoms with Crippen molar-refractivity contribution in [1.29, 1.82) is 0 Å². The molecule has 0 saturated heterocycles. The summed E-state index contributed by atoms with van der Waals surface area (Å²) in [7, 11) is 1.53. The normalized spacial score (nSPS) is 10.2. The number of carbonyl (C=O) groups excluding carboxylic acids is 1. The van der Waals surface area contributed by atoms with Crippen molar-refractivity contribution in [2.45, 2.75) is 13.3 Å². The highest BCUT2D eigenvalue weighted by atomic mass is 79.9. The number of alkyl halides is 1. The highest BCUT2D eigenvalue weighted by molar-refractivity contribution is 9.09. The minimum Gasteiger partial charge on any atom is -0.507 e. The summed E-state index contributed by atoms with van der Waals surface area (Å²) in [5.74, 6) is 0.371. The van der Waals surface area contributed by atoms with Crippen LogP contribution in [0, 0.1) is 0 Å². The van der Waals surface area contributed by atoms with Gasteiger partial charge in [-0.1, -0.05) is 22.9 Å². The van der Waals surface area contributed by atoms with Crippen molar-refractivity contribution < 1.29 is 14.6 Å². The molecule has 1 aromatic carbocycles.